The zero-order chi connectivity index (χ0) is 14.1. The lowest BCUT2D eigenvalue weighted by molar-refractivity contribution is 0.103. The van der Waals surface area contributed by atoms with Gasteiger partial charge in [0.1, 0.15) is 0 Å². The normalized spacial score (nSPS) is 15.2. The van der Waals surface area contributed by atoms with Crippen molar-refractivity contribution < 1.29 is 9.90 Å². The molecule has 0 saturated carbocycles. The summed E-state index contributed by atoms with van der Waals surface area (Å²) in [6.07, 6.45) is 0. The highest BCUT2D eigenvalue weighted by Gasteiger charge is 2.21. The van der Waals surface area contributed by atoms with E-state index in [4.69, 9.17) is 0 Å². The van der Waals surface area contributed by atoms with Gasteiger partial charge < -0.3 is 5.11 Å². The predicted molar refractivity (Wildman–Crippen MR) is 81.4 cm³/mol. The van der Waals surface area contributed by atoms with E-state index < -0.39 is 0 Å². The van der Waals surface area contributed by atoms with Crippen LogP contribution < -0.4 is 0 Å². The summed E-state index contributed by atoms with van der Waals surface area (Å²) in [4.78, 5) is 13.6. The number of fused-ring (bicyclic) bond motifs is 2. The van der Waals surface area contributed by atoms with E-state index in [9.17, 15) is 9.90 Å². The molecule has 102 valence electrons. The molecule has 1 aliphatic rings. The molecule has 1 aliphatic heterocycles. The van der Waals surface area contributed by atoms with Crippen molar-refractivity contribution >= 4 is 17.5 Å². The summed E-state index contributed by atoms with van der Waals surface area (Å²) >= 11 is 1.70. The molecule has 1 N–H and O–H groups in total. The molecule has 2 aromatic rings. The van der Waals surface area contributed by atoms with Gasteiger partial charge >= 0.3 is 0 Å². The molecular formula is C17H16O2S. The van der Waals surface area contributed by atoms with Crippen molar-refractivity contribution in [2.45, 2.75) is 23.5 Å². The third-order valence-corrected chi connectivity index (χ3v) is 4.84. The third-order valence-electron chi connectivity index (χ3n) is 3.74. The van der Waals surface area contributed by atoms with Gasteiger partial charge in [0, 0.05) is 34.3 Å². The number of aliphatic hydroxyl groups is 1. The van der Waals surface area contributed by atoms with Gasteiger partial charge in [-0.15, -0.1) is 11.8 Å². The van der Waals surface area contributed by atoms with E-state index in [1.807, 2.05) is 49.4 Å². The molecule has 1 heterocycles. The van der Waals surface area contributed by atoms with E-state index in [1.54, 1.807) is 11.8 Å². The van der Waals surface area contributed by atoms with E-state index >= 15 is 0 Å². The lowest BCUT2D eigenvalue weighted by Crippen LogP contribution is -2.05. The van der Waals surface area contributed by atoms with E-state index in [0.29, 0.717) is 0 Å². The highest BCUT2D eigenvalue weighted by atomic mass is 32.2. The molecule has 2 aromatic carbocycles. The first-order valence-corrected chi connectivity index (χ1v) is 7.69. The SMILES string of the molecule is CC(CO)c1ccc2c(c1)SCc1ccccc1C2=O. The Hall–Kier alpha value is -1.58. The fourth-order valence-electron chi connectivity index (χ4n) is 2.43. The second-order valence-electron chi connectivity index (χ2n) is 5.11. The first-order chi connectivity index (χ1) is 9.70. The Balaban J connectivity index is 2.07. The number of ketones is 1. The summed E-state index contributed by atoms with van der Waals surface area (Å²) in [7, 11) is 0. The molecule has 0 spiro atoms. The number of hydrogen-bond acceptors (Lipinski definition) is 3. The highest BCUT2D eigenvalue weighted by molar-refractivity contribution is 7.98. The van der Waals surface area contributed by atoms with Crippen LogP contribution in [0, 0.1) is 0 Å². The minimum Gasteiger partial charge on any atom is -0.396 e. The van der Waals surface area contributed by atoms with Crippen LogP contribution in [0.3, 0.4) is 0 Å². The van der Waals surface area contributed by atoms with Crippen molar-refractivity contribution in [1.82, 2.24) is 0 Å². The van der Waals surface area contributed by atoms with Crippen LogP contribution in [-0.4, -0.2) is 17.5 Å². The standard InChI is InChI=1S/C17H16O2S/c1-11(9-18)12-6-7-15-16(8-12)20-10-13-4-2-3-5-14(13)17(15)19/h2-8,11,18H,9-10H2,1H3. The smallest absolute Gasteiger partial charge is 0.194 e. The summed E-state index contributed by atoms with van der Waals surface area (Å²) in [5.74, 6) is 1.01. The number of carbonyl (C=O) groups is 1. The number of thioether (sulfide) groups is 1. The quantitative estimate of drug-likeness (QED) is 0.915. The monoisotopic (exact) mass is 284 g/mol. The highest BCUT2D eigenvalue weighted by Crippen LogP contribution is 2.35. The van der Waals surface area contributed by atoms with E-state index in [2.05, 4.69) is 0 Å². The summed E-state index contributed by atoms with van der Waals surface area (Å²) in [5.41, 5.74) is 3.75. The summed E-state index contributed by atoms with van der Waals surface area (Å²) < 4.78 is 0. The van der Waals surface area contributed by atoms with Crippen molar-refractivity contribution in [1.29, 1.82) is 0 Å². The van der Waals surface area contributed by atoms with Crippen LogP contribution in [0.1, 0.15) is 39.9 Å². The van der Waals surface area contributed by atoms with Crippen molar-refractivity contribution in [2.24, 2.45) is 0 Å². The number of aliphatic hydroxyl groups excluding tert-OH is 1. The minimum absolute atomic E-state index is 0.0987. The van der Waals surface area contributed by atoms with E-state index in [0.717, 1.165) is 32.9 Å². The molecule has 0 fully saturated rings. The van der Waals surface area contributed by atoms with Crippen LogP contribution in [0.4, 0.5) is 0 Å². The molecular weight excluding hydrogens is 268 g/mol. The molecule has 0 bridgehead atoms. The van der Waals surface area contributed by atoms with Crippen LogP contribution in [0.2, 0.25) is 0 Å². The number of hydrogen-bond donors (Lipinski definition) is 1. The molecule has 0 aliphatic carbocycles. The van der Waals surface area contributed by atoms with Crippen LogP contribution in [-0.2, 0) is 5.75 Å². The largest absolute Gasteiger partial charge is 0.396 e. The van der Waals surface area contributed by atoms with Crippen molar-refractivity contribution in [3.63, 3.8) is 0 Å². The van der Waals surface area contributed by atoms with Crippen LogP contribution in [0.25, 0.3) is 0 Å². The third kappa shape index (κ3) is 2.28. The molecule has 3 heteroatoms. The topological polar surface area (TPSA) is 37.3 Å². The Morgan fingerprint density at radius 3 is 2.80 bits per heavy atom. The number of carbonyl (C=O) groups excluding carboxylic acids is 1. The lowest BCUT2D eigenvalue weighted by Gasteiger charge is -2.11. The summed E-state index contributed by atoms with van der Waals surface area (Å²) in [6, 6.07) is 13.7. The second-order valence-corrected chi connectivity index (χ2v) is 6.13. The maximum Gasteiger partial charge on any atom is 0.194 e. The first kappa shape index (κ1) is 13.4. The number of rotatable bonds is 2. The van der Waals surface area contributed by atoms with Gasteiger partial charge in [0.25, 0.3) is 0 Å². The van der Waals surface area contributed by atoms with Gasteiger partial charge in [0.15, 0.2) is 5.78 Å². The zero-order valence-electron chi connectivity index (χ0n) is 11.3. The van der Waals surface area contributed by atoms with Crippen molar-refractivity contribution in [2.75, 3.05) is 6.61 Å². The van der Waals surface area contributed by atoms with Gasteiger partial charge in [0.05, 0.1) is 0 Å². The molecule has 1 atom stereocenters. The summed E-state index contributed by atoms with van der Waals surface area (Å²) in [5, 5.41) is 9.27. The molecule has 0 amide bonds. The Bertz CT molecular complexity index is 664. The molecule has 20 heavy (non-hydrogen) atoms. The fraction of sp³-hybridized carbons (Fsp3) is 0.235. The molecule has 0 saturated heterocycles. The molecule has 0 aromatic heterocycles. The average Bonchev–Trinajstić information content (AvgIpc) is 2.64. The molecule has 2 nitrogen and oxygen atoms in total. The lowest BCUT2D eigenvalue weighted by atomic mass is 9.96. The van der Waals surface area contributed by atoms with Crippen molar-refractivity contribution in [3.8, 4) is 0 Å². The average molecular weight is 284 g/mol. The Morgan fingerprint density at radius 1 is 1.20 bits per heavy atom. The Labute approximate surface area is 122 Å². The molecule has 0 radical (unpaired) electrons. The Kier molecular flexibility index (Phi) is 3.64. The Morgan fingerprint density at radius 2 is 2.00 bits per heavy atom. The number of benzene rings is 2. The van der Waals surface area contributed by atoms with Gasteiger partial charge in [-0.2, -0.15) is 0 Å². The van der Waals surface area contributed by atoms with Gasteiger partial charge in [-0.1, -0.05) is 37.3 Å². The minimum atomic E-state index is 0.0987. The maximum atomic E-state index is 12.6. The second kappa shape index (κ2) is 5.43. The van der Waals surface area contributed by atoms with Crippen LogP contribution >= 0.6 is 11.8 Å². The fourth-order valence-corrected chi connectivity index (χ4v) is 3.52. The predicted octanol–water partition coefficient (Wildman–Crippen LogP) is 3.62. The van der Waals surface area contributed by atoms with Crippen molar-refractivity contribution in [3.05, 3.63) is 64.7 Å². The molecule has 3 rings (SSSR count). The van der Waals surface area contributed by atoms with Gasteiger partial charge in [-0.05, 0) is 23.3 Å². The zero-order valence-corrected chi connectivity index (χ0v) is 12.1. The van der Waals surface area contributed by atoms with E-state index in [1.165, 1.54) is 0 Å². The van der Waals surface area contributed by atoms with Crippen LogP contribution in [0.15, 0.2) is 47.4 Å². The van der Waals surface area contributed by atoms with Crippen LogP contribution in [0.5, 0.6) is 0 Å². The van der Waals surface area contributed by atoms with Gasteiger partial charge in [-0.25, -0.2) is 0 Å². The van der Waals surface area contributed by atoms with Gasteiger partial charge in [0.2, 0.25) is 0 Å². The maximum absolute atomic E-state index is 12.6. The molecule has 1 unspecified atom stereocenters. The van der Waals surface area contributed by atoms with Gasteiger partial charge in [-0.3, -0.25) is 4.79 Å². The first-order valence-electron chi connectivity index (χ1n) is 6.71. The summed E-state index contributed by atoms with van der Waals surface area (Å²) in [6.45, 7) is 2.11. The van der Waals surface area contributed by atoms with E-state index in [-0.39, 0.29) is 18.3 Å².